The normalized spacial score (nSPS) is 25.6. The molecular formula is C16H25NO. The Morgan fingerprint density at radius 3 is 2.78 bits per heavy atom. The van der Waals surface area contributed by atoms with E-state index in [1.165, 1.54) is 18.4 Å². The number of ketones is 1. The summed E-state index contributed by atoms with van der Waals surface area (Å²) in [4.78, 5) is 12.2. The van der Waals surface area contributed by atoms with E-state index in [9.17, 15) is 4.79 Å². The molecule has 1 saturated heterocycles. The van der Waals surface area contributed by atoms with Crippen LogP contribution >= 0.6 is 0 Å². The first-order chi connectivity index (χ1) is 8.66. The van der Waals surface area contributed by atoms with Crippen molar-refractivity contribution in [1.82, 2.24) is 5.32 Å². The average molecular weight is 247 g/mol. The Bertz CT molecular complexity index is 361. The van der Waals surface area contributed by atoms with Crippen LogP contribution < -0.4 is 5.32 Å². The van der Waals surface area contributed by atoms with Gasteiger partial charge in [0.15, 0.2) is 5.78 Å². The molecule has 0 aromatic carbocycles. The van der Waals surface area contributed by atoms with Crippen LogP contribution in [0.5, 0.6) is 0 Å². The van der Waals surface area contributed by atoms with Crippen LogP contribution in [0.15, 0.2) is 23.3 Å². The number of hydrogen-bond donors (Lipinski definition) is 1. The summed E-state index contributed by atoms with van der Waals surface area (Å²) in [5, 5.41) is 3.37. The predicted molar refractivity (Wildman–Crippen MR) is 75.5 cm³/mol. The van der Waals surface area contributed by atoms with E-state index in [-0.39, 0.29) is 0 Å². The van der Waals surface area contributed by atoms with Crippen molar-refractivity contribution in [2.75, 3.05) is 13.1 Å². The molecule has 1 atom stereocenters. The molecule has 1 unspecified atom stereocenters. The van der Waals surface area contributed by atoms with Crippen LogP contribution in [0.2, 0.25) is 0 Å². The molecule has 0 aromatic rings. The lowest BCUT2D eigenvalue weighted by Crippen LogP contribution is -2.28. The maximum absolute atomic E-state index is 12.2. The first kappa shape index (κ1) is 13.5. The quantitative estimate of drug-likeness (QED) is 0.826. The number of nitrogens with one attached hydrogen (secondary N) is 1. The van der Waals surface area contributed by atoms with Crippen molar-refractivity contribution < 1.29 is 4.79 Å². The molecule has 0 spiro atoms. The van der Waals surface area contributed by atoms with E-state index in [0.29, 0.717) is 11.7 Å². The van der Waals surface area contributed by atoms with Gasteiger partial charge in [0.2, 0.25) is 0 Å². The molecule has 2 rings (SSSR count). The first-order valence-electron chi connectivity index (χ1n) is 7.28. The van der Waals surface area contributed by atoms with Crippen molar-refractivity contribution in [3.63, 3.8) is 0 Å². The summed E-state index contributed by atoms with van der Waals surface area (Å²) in [6.07, 6.45) is 9.54. The third-order valence-electron chi connectivity index (χ3n) is 4.22. The average Bonchev–Trinajstić information content (AvgIpc) is 2.37. The second-order valence-corrected chi connectivity index (χ2v) is 5.89. The minimum Gasteiger partial charge on any atom is -0.317 e. The monoisotopic (exact) mass is 247 g/mol. The summed E-state index contributed by atoms with van der Waals surface area (Å²) >= 11 is 0. The molecule has 100 valence electrons. The van der Waals surface area contributed by atoms with Crippen molar-refractivity contribution in [3.05, 3.63) is 23.3 Å². The van der Waals surface area contributed by atoms with Gasteiger partial charge in [0.05, 0.1) is 0 Å². The summed E-state index contributed by atoms with van der Waals surface area (Å²) in [5.74, 6) is 1.70. The van der Waals surface area contributed by atoms with E-state index >= 15 is 0 Å². The highest BCUT2D eigenvalue weighted by Crippen LogP contribution is 2.26. The van der Waals surface area contributed by atoms with E-state index in [1.54, 1.807) is 0 Å². The Kier molecular flexibility index (Phi) is 4.76. The van der Waals surface area contributed by atoms with E-state index in [4.69, 9.17) is 0 Å². The zero-order valence-electron chi connectivity index (χ0n) is 11.7. The molecule has 0 saturated carbocycles. The zero-order chi connectivity index (χ0) is 13.0. The maximum atomic E-state index is 12.2. The standard InChI is InChI=1S/C16H25NO/c1-12-3-5-15(13(2)11-12)16(18)6-4-14-7-9-17-10-8-14/h3,5,12,14,17H,4,6-11H2,1-2H3. The second kappa shape index (κ2) is 6.33. The number of piperidine rings is 1. The predicted octanol–water partition coefficient (Wildman–Crippen LogP) is 3.25. The van der Waals surface area contributed by atoms with Crippen LogP contribution in [0.25, 0.3) is 0 Å². The molecule has 0 bridgehead atoms. The lowest BCUT2D eigenvalue weighted by atomic mass is 9.86. The van der Waals surface area contributed by atoms with Gasteiger partial charge >= 0.3 is 0 Å². The molecule has 1 heterocycles. The Morgan fingerprint density at radius 1 is 1.39 bits per heavy atom. The van der Waals surface area contributed by atoms with Gasteiger partial charge in [0.1, 0.15) is 0 Å². The Balaban J connectivity index is 1.84. The summed E-state index contributed by atoms with van der Waals surface area (Å²) in [7, 11) is 0. The van der Waals surface area contributed by atoms with Gasteiger partial charge in [-0.1, -0.05) is 24.6 Å². The van der Waals surface area contributed by atoms with Crippen LogP contribution in [-0.4, -0.2) is 18.9 Å². The molecule has 1 aliphatic heterocycles. The molecule has 0 radical (unpaired) electrons. The molecule has 1 fully saturated rings. The lowest BCUT2D eigenvalue weighted by molar-refractivity contribution is -0.115. The topological polar surface area (TPSA) is 29.1 Å². The smallest absolute Gasteiger partial charge is 0.162 e. The van der Waals surface area contributed by atoms with Crippen molar-refractivity contribution >= 4 is 5.78 Å². The van der Waals surface area contributed by atoms with E-state index in [0.717, 1.165) is 43.8 Å². The summed E-state index contributed by atoms with van der Waals surface area (Å²) in [6.45, 7) is 6.56. The maximum Gasteiger partial charge on any atom is 0.162 e. The van der Waals surface area contributed by atoms with Crippen molar-refractivity contribution in [1.29, 1.82) is 0 Å². The molecule has 2 aliphatic rings. The highest BCUT2D eigenvalue weighted by atomic mass is 16.1. The van der Waals surface area contributed by atoms with Crippen LogP contribution in [0, 0.1) is 11.8 Å². The van der Waals surface area contributed by atoms with Gasteiger partial charge in [0.25, 0.3) is 0 Å². The van der Waals surface area contributed by atoms with E-state index < -0.39 is 0 Å². The first-order valence-corrected chi connectivity index (χ1v) is 7.28. The SMILES string of the molecule is CC1=C(C(=O)CCC2CCNCC2)C=CC(C)C1. The minimum absolute atomic E-state index is 0.356. The fourth-order valence-electron chi connectivity index (χ4n) is 3.03. The van der Waals surface area contributed by atoms with Gasteiger partial charge in [-0.15, -0.1) is 0 Å². The van der Waals surface area contributed by atoms with Crippen LogP contribution in [-0.2, 0) is 4.79 Å². The highest BCUT2D eigenvalue weighted by Gasteiger charge is 2.18. The largest absolute Gasteiger partial charge is 0.317 e. The van der Waals surface area contributed by atoms with Crippen LogP contribution in [0.4, 0.5) is 0 Å². The molecule has 2 nitrogen and oxygen atoms in total. The molecule has 1 aliphatic carbocycles. The van der Waals surface area contributed by atoms with Gasteiger partial charge in [-0.25, -0.2) is 0 Å². The Labute approximate surface area is 111 Å². The van der Waals surface area contributed by atoms with Gasteiger partial charge < -0.3 is 5.32 Å². The molecule has 1 N–H and O–H groups in total. The zero-order valence-corrected chi connectivity index (χ0v) is 11.7. The van der Waals surface area contributed by atoms with Crippen molar-refractivity contribution in [2.24, 2.45) is 11.8 Å². The summed E-state index contributed by atoms with van der Waals surface area (Å²) in [6, 6.07) is 0. The summed E-state index contributed by atoms with van der Waals surface area (Å²) in [5.41, 5.74) is 2.27. The number of carbonyl (C=O) groups is 1. The second-order valence-electron chi connectivity index (χ2n) is 5.89. The van der Waals surface area contributed by atoms with Crippen molar-refractivity contribution in [2.45, 2.75) is 46.0 Å². The highest BCUT2D eigenvalue weighted by molar-refractivity contribution is 5.98. The van der Waals surface area contributed by atoms with E-state index in [2.05, 4.69) is 25.2 Å². The third-order valence-corrected chi connectivity index (χ3v) is 4.22. The van der Waals surface area contributed by atoms with Crippen LogP contribution in [0.3, 0.4) is 0 Å². The number of rotatable bonds is 4. The van der Waals surface area contributed by atoms with Gasteiger partial charge in [-0.3, -0.25) is 4.79 Å². The fraction of sp³-hybridized carbons (Fsp3) is 0.688. The van der Waals surface area contributed by atoms with Crippen molar-refractivity contribution in [3.8, 4) is 0 Å². The number of carbonyl (C=O) groups excluding carboxylic acids is 1. The lowest BCUT2D eigenvalue weighted by Gasteiger charge is -2.22. The van der Waals surface area contributed by atoms with Gasteiger partial charge in [-0.2, -0.15) is 0 Å². The Morgan fingerprint density at radius 2 is 2.11 bits per heavy atom. The van der Waals surface area contributed by atoms with Gasteiger partial charge in [0, 0.05) is 12.0 Å². The molecule has 18 heavy (non-hydrogen) atoms. The minimum atomic E-state index is 0.356. The molecule has 0 aromatic heterocycles. The fourth-order valence-corrected chi connectivity index (χ4v) is 3.03. The molecule has 2 heteroatoms. The summed E-state index contributed by atoms with van der Waals surface area (Å²) < 4.78 is 0. The number of Topliss-reactive ketones (excluding diaryl/α,β-unsaturated/α-hetero) is 1. The number of allylic oxidation sites excluding steroid dienone is 4. The third kappa shape index (κ3) is 3.55. The van der Waals surface area contributed by atoms with E-state index in [1.807, 2.05) is 6.08 Å². The van der Waals surface area contributed by atoms with Gasteiger partial charge in [-0.05, 0) is 57.5 Å². The number of hydrogen-bond acceptors (Lipinski definition) is 2. The molecular weight excluding hydrogens is 222 g/mol. The molecule has 0 amide bonds. The van der Waals surface area contributed by atoms with Crippen LogP contribution in [0.1, 0.15) is 46.0 Å². The Hall–Kier alpha value is -0.890.